The Morgan fingerprint density at radius 2 is 1.68 bits per heavy atom. The number of halogens is 1. The Kier molecular flexibility index (Phi) is 10.7. The zero-order chi connectivity index (χ0) is 29.3. The van der Waals surface area contributed by atoms with Gasteiger partial charge in [-0.15, -0.1) is 0 Å². The van der Waals surface area contributed by atoms with Gasteiger partial charge in [0.2, 0.25) is 11.8 Å². The SMILES string of the molecule is CCCNC(=O)[C@H](CC)N(Cc1cccc(OC)c1)C(=O)CN(c1ccc(F)cc1)S(=O)(=O)c1ccc(C)cc1. The number of hydrogen-bond acceptors (Lipinski definition) is 5. The Morgan fingerprint density at radius 1 is 1.00 bits per heavy atom. The van der Waals surface area contributed by atoms with Crippen molar-refractivity contribution in [2.75, 3.05) is 24.5 Å². The fourth-order valence-corrected chi connectivity index (χ4v) is 5.64. The van der Waals surface area contributed by atoms with E-state index in [4.69, 9.17) is 4.74 Å². The van der Waals surface area contributed by atoms with Gasteiger partial charge in [0.25, 0.3) is 10.0 Å². The molecule has 0 saturated heterocycles. The molecule has 214 valence electrons. The highest BCUT2D eigenvalue weighted by Crippen LogP contribution is 2.26. The minimum absolute atomic E-state index is 0.0118. The molecule has 0 aromatic heterocycles. The number of carbonyl (C=O) groups is 2. The second-order valence-corrected chi connectivity index (χ2v) is 11.3. The van der Waals surface area contributed by atoms with E-state index in [1.807, 2.05) is 13.8 Å². The normalized spacial score (nSPS) is 11.9. The van der Waals surface area contributed by atoms with Crippen LogP contribution in [-0.2, 0) is 26.2 Å². The number of aryl methyl sites for hydroxylation is 1. The molecular formula is C30H36FN3O5S. The van der Waals surface area contributed by atoms with Crippen molar-refractivity contribution in [2.24, 2.45) is 0 Å². The predicted octanol–water partition coefficient (Wildman–Crippen LogP) is 4.67. The maximum Gasteiger partial charge on any atom is 0.264 e. The van der Waals surface area contributed by atoms with Crippen molar-refractivity contribution in [2.45, 2.75) is 51.1 Å². The zero-order valence-corrected chi connectivity index (χ0v) is 24.1. The quantitative estimate of drug-likeness (QED) is 0.323. The molecule has 0 unspecified atom stereocenters. The van der Waals surface area contributed by atoms with E-state index >= 15 is 0 Å². The number of methoxy groups -OCH3 is 1. The van der Waals surface area contributed by atoms with Gasteiger partial charge in [-0.2, -0.15) is 0 Å². The summed E-state index contributed by atoms with van der Waals surface area (Å²) in [5.74, 6) is -0.860. The van der Waals surface area contributed by atoms with E-state index in [2.05, 4.69) is 5.32 Å². The number of benzene rings is 3. The van der Waals surface area contributed by atoms with E-state index < -0.39 is 34.3 Å². The summed E-state index contributed by atoms with van der Waals surface area (Å²) in [5.41, 5.74) is 1.71. The van der Waals surface area contributed by atoms with Gasteiger partial charge in [-0.25, -0.2) is 12.8 Å². The molecule has 2 amide bonds. The molecule has 3 rings (SSSR count). The summed E-state index contributed by atoms with van der Waals surface area (Å²) < 4.78 is 47.6. The number of carbonyl (C=O) groups excluding carboxylic acids is 2. The molecule has 0 saturated carbocycles. The highest BCUT2D eigenvalue weighted by atomic mass is 32.2. The van der Waals surface area contributed by atoms with E-state index in [9.17, 15) is 22.4 Å². The molecule has 0 radical (unpaired) electrons. The average Bonchev–Trinajstić information content (AvgIpc) is 2.95. The topological polar surface area (TPSA) is 96.0 Å². The first-order chi connectivity index (χ1) is 19.1. The van der Waals surface area contributed by atoms with Crippen molar-refractivity contribution >= 4 is 27.5 Å². The van der Waals surface area contributed by atoms with Crippen LogP contribution in [0.3, 0.4) is 0 Å². The fraction of sp³-hybridized carbons (Fsp3) is 0.333. The number of nitrogens with zero attached hydrogens (tertiary/aromatic N) is 2. The molecule has 3 aromatic rings. The monoisotopic (exact) mass is 569 g/mol. The maximum atomic E-state index is 14.0. The van der Waals surface area contributed by atoms with Crippen LogP contribution in [0.25, 0.3) is 0 Å². The lowest BCUT2D eigenvalue weighted by atomic mass is 10.1. The number of hydrogen-bond donors (Lipinski definition) is 1. The molecule has 0 aliphatic heterocycles. The lowest BCUT2D eigenvalue weighted by molar-refractivity contribution is -0.140. The molecule has 1 N–H and O–H groups in total. The molecule has 0 bridgehead atoms. The molecule has 0 fully saturated rings. The van der Waals surface area contributed by atoms with E-state index in [-0.39, 0.29) is 23.0 Å². The van der Waals surface area contributed by atoms with Crippen LogP contribution in [-0.4, -0.2) is 51.4 Å². The molecule has 0 heterocycles. The highest BCUT2D eigenvalue weighted by molar-refractivity contribution is 7.92. The van der Waals surface area contributed by atoms with Crippen LogP contribution in [0.5, 0.6) is 5.75 Å². The van der Waals surface area contributed by atoms with Crippen molar-refractivity contribution in [3.8, 4) is 5.75 Å². The third kappa shape index (κ3) is 7.59. The summed E-state index contributed by atoms with van der Waals surface area (Å²) in [6, 6.07) is 17.4. The summed E-state index contributed by atoms with van der Waals surface area (Å²) in [4.78, 5) is 28.5. The standard InChI is InChI=1S/C30H36FN3O5S/c1-5-18-32-30(36)28(6-2)33(20-23-8-7-9-26(19-23)39-4)29(35)21-34(25-14-12-24(31)13-15-25)40(37,38)27-16-10-22(3)11-17-27/h7-17,19,28H,5-6,18,20-21H2,1-4H3,(H,32,36)/t28-/m0/s1. The van der Waals surface area contributed by atoms with E-state index in [1.165, 1.54) is 36.3 Å². The molecule has 10 heteroatoms. The average molecular weight is 570 g/mol. The molecule has 8 nitrogen and oxygen atoms in total. The molecule has 40 heavy (non-hydrogen) atoms. The van der Waals surface area contributed by atoms with Gasteiger partial charge < -0.3 is 15.0 Å². The number of ether oxygens (including phenoxy) is 1. The van der Waals surface area contributed by atoms with Crippen LogP contribution in [0.4, 0.5) is 10.1 Å². The molecule has 0 spiro atoms. The predicted molar refractivity (Wildman–Crippen MR) is 153 cm³/mol. The Balaban J connectivity index is 2.05. The van der Waals surface area contributed by atoms with Gasteiger partial charge in [0.1, 0.15) is 24.2 Å². The van der Waals surface area contributed by atoms with Gasteiger partial charge in [0.15, 0.2) is 0 Å². The summed E-state index contributed by atoms with van der Waals surface area (Å²) in [6.07, 6.45) is 1.03. The second-order valence-electron chi connectivity index (χ2n) is 9.39. The first kappa shape index (κ1) is 30.6. The van der Waals surface area contributed by atoms with Gasteiger partial charge in [-0.3, -0.25) is 13.9 Å². The van der Waals surface area contributed by atoms with Gasteiger partial charge >= 0.3 is 0 Å². The zero-order valence-electron chi connectivity index (χ0n) is 23.3. The van der Waals surface area contributed by atoms with Crippen LogP contribution >= 0.6 is 0 Å². The first-order valence-corrected chi connectivity index (χ1v) is 14.6. The molecule has 0 aliphatic rings. The number of rotatable bonds is 13. The molecule has 3 aromatic carbocycles. The minimum atomic E-state index is -4.22. The van der Waals surface area contributed by atoms with Gasteiger partial charge in [-0.05, 0) is 73.9 Å². The van der Waals surface area contributed by atoms with Crippen molar-refractivity contribution in [1.29, 1.82) is 0 Å². The summed E-state index contributed by atoms with van der Waals surface area (Å²) in [6.45, 7) is 5.46. The van der Waals surface area contributed by atoms with E-state index in [0.29, 0.717) is 24.3 Å². The number of amides is 2. The lowest BCUT2D eigenvalue weighted by Gasteiger charge is -2.33. The fourth-order valence-electron chi connectivity index (χ4n) is 4.23. The smallest absolute Gasteiger partial charge is 0.264 e. The number of sulfonamides is 1. The van der Waals surface area contributed by atoms with Gasteiger partial charge in [-0.1, -0.05) is 43.7 Å². The summed E-state index contributed by atoms with van der Waals surface area (Å²) in [5, 5.41) is 2.85. The number of anilines is 1. The van der Waals surface area contributed by atoms with Crippen LogP contribution in [0.15, 0.2) is 77.7 Å². The van der Waals surface area contributed by atoms with Gasteiger partial charge in [0, 0.05) is 13.1 Å². The highest BCUT2D eigenvalue weighted by Gasteiger charge is 2.33. The third-order valence-corrected chi connectivity index (χ3v) is 8.21. The Hall–Kier alpha value is -3.92. The molecule has 1 atom stereocenters. The van der Waals surface area contributed by atoms with E-state index in [0.717, 1.165) is 28.4 Å². The van der Waals surface area contributed by atoms with Crippen LogP contribution in [0.1, 0.15) is 37.8 Å². The van der Waals surface area contributed by atoms with Crippen LogP contribution in [0.2, 0.25) is 0 Å². The van der Waals surface area contributed by atoms with Crippen molar-refractivity contribution in [3.63, 3.8) is 0 Å². The maximum absolute atomic E-state index is 14.0. The number of nitrogens with one attached hydrogen (secondary N) is 1. The Labute approximate surface area is 235 Å². The lowest BCUT2D eigenvalue weighted by Crippen LogP contribution is -2.52. The van der Waals surface area contributed by atoms with Crippen molar-refractivity contribution in [3.05, 3.63) is 89.7 Å². The summed E-state index contributed by atoms with van der Waals surface area (Å²) >= 11 is 0. The van der Waals surface area contributed by atoms with Crippen molar-refractivity contribution < 1.29 is 27.1 Å². The van der Waals surface area contributed by atoms with E-state index in [1.54, 1.807) is 43.3 Å². The minimum Gasteiger partial charge on any atom is -0.497 e. The third-order valence-electron chi connectivity index (χ3n) is 6.42. The first-order valence-electron chi connectivity index (χ1n) is 13.2. The van der Waals surface area contributed by atoms with Crippen LogP contribution < -0.4 is 14.4 Å². The Morgan fingerprint density at radius 3 is 2.27 bits per heavy atom. The molecular weight excluding hydrogens is 533 g/mol. The van der Waals surface area contributed by atoms with Crippen LogP contribution in [0, 0.1) is 12.7 Å². The second kappa shape index (κ2) is 13.9. The van der Waals surface area contributed by atoms with Crippen molar-refractivity contribution in [1.82, 2.24) is 10.2 Å². The molecule has 0 aliphatic carbocycles. The summed E-state index contributed by atoms with van der Waals surface area (Å²) in [7, 11) is -2.69. The van der Waals surface area contributed by atoms with Gasteiger partial charge in [0.05, 0.1) is 17.7 Å². The largest absolute Gasteiger partial charge is 0.497 e. The Bertz CT molecular complexity index is 1400.